The van der Waals surface area contributed by atoms with Crippen LogP contribution in [0.5, 0.6) is 0 Å². The van der Waals surface area contributed by atoms with Crippen LogP contribution < -0.4 is 10.2 Å². The number of benzene rings is 2. The van der Waals surface area contributed by atoms with Crippen molar-refractivity contribution >= 4 is 73.5 Å². The fraction of sp³-hybridized carbons (Fsp3) is 0.0952. The van der Waals surface area contributed by atoms with Gasteiger partial charge in [-0.25, -0.2) is 9.38 Å². The molecular formula is C21H14BrClFN3O2S. The Hall–Kier alpha value is -2.55. The molecule has 0 radical (unpaired) electrons. The number of carbonyl (C=O) groups is 2. The highest BCUT2D eigenvalue weighted by Gasteiger charge is 2.27. The number of carbonyl (C=O) groups excluding carboxylic acids is 2. The summed E-state index contributed by atoms with van der Waals surface area (Å²) >= 11 is 10.7. The van der Waals surface area contributed by atoms with E-state index in [1.54, 1.807) is 18.2 Å². The maximum atomic E-state index is 14.0. The SMILES string of the molecule is O=C(CN1C(=O)CC(c2ccc(Br)s2)=Nc2ccccc21)Nc1ccc(Cl)cc1F. The molecule has 2 heterocycles. The van der Waals surface area contributed by atoms with Crippen molar-refractivity contribution in [2.75, 3.05) is 16.8 Å². The molecule has 1 aliphatic rings. The Morgan fingerprint density at radius 2 is 2.03 bits per heavy atom. The fourth-order valence-corrected chi connectivity index (χ4v) is 4.59. The summed E-state index contributed by atoms with van der Waals surface area (Å²) < 4.78 is 14.9. The molecule has 4 rings (SSSR count). The molecule has 0 atom stereocenters. The standard InChI is InChI=1S/C21H14BrClFN3O2S/c22-19-8-7-18(30-19)16-10-21(29)27(17-4-2-1-3-15(17)25-16)11-20(28)26-14-6-5-12(23)9-13(14)24/h1-9H,10-11H2,(H,26,28). The summed E-state index contributed by atoms with van der Waals surface area (Å²) in [5.41, 5.74) is 1.75. The molecule has 1 aliphatic heterocycles. The number of rotatable bonds is 4. The third kappa shape index (κ3) is 4.45. The van der Waals surface area contributed by atoms with E-state index in [4.69, 9.17) is 11.6 Å². The predicted octanol–water partition coefficient (Wildman–Crippen LogP) is 5.80. The lowest BCUT2D eigenvalue weighted by Gasteiger charge is -2.22. The molecule has 30 heavy (non-hydrogen) atoms. The summed E-state index contributed by atoms with van der Waals surface area (Å²) in [7, 11) is 0. The summed E-state index contributed by atoms with van der Waals surface area (Å²) in [6, 6.07) is 14.9. The minimum atomic E-state index is -0.646. The summed E-state index contributed by atoms with van der Waals surface area (Å²) in [5, 5.41) is 2.72. The molecule has 0 fully saturated rings. The molecule has 9 heteroatoms. The average Bonchev–Trinajstić information content (AvgIpc) is 3.09. The van der Waals surface area contributed by atoms with E-state index in [2.05, 4.69) is 26.2 Å². The molecule has 3 aromatic rings. The van der Waals surface area contributed by atoms with Crippen molar-refractivity contribution in [2.24, 2.45) is 4.99 Å². The van der Waals surface area contributed by atoms with Gasteiger partial charge in [-0.1, -0.05) is 23.7 Å². The van der Waals surface area contributed by atoms with Crippen LogP contribution in [0.1, 0.15) is 11.3 Å². The second-order valence-corrected chi connectivity index (χ2v) is 9.38. The summed E-state index contributed by atoms with van der Waals surface area (Å²) in [6.45, 7) is -0.269. The zero-order chi connectivity index (χ0) is 21.3. The lowest BCUT2D eigenvalue weighted by atomic mass is 10.2. The third-order valence-corrected chi connectivity index (χ3v) is 6.32. The maximum absolute atomic E-state index is 14.0. The molecule has 0 unspecified atom stereocenters. The van der Waals surface area contributed by atoms with Crippen molar-refractivity contribution in [3.8, 4) is 0 Å². The third-order valence-electron chi connectivity index (χ3n) is 4.41. The number of para-hydroxylation sites is 2. The van der Waals surface area contributed by atoms with Crippen molar-refractivity contribution in [3.05, 3.63) is 74.1 Å². The first-order valence-corrected chi connectivity index (χ1v) is 10.9. The molecule has 0 saturated carbocycles. The largest absolute Gasteiger partial charge is 0.322 e. The lowest BCUT2D eigenvalue weighted by Crippen LogP contribution is -2.38. The van der Waals surface area contributed by atoms with Crippen molar-refractivity contribution < 1.29 is 14.0 Å². The van der Waals surface area contributed by atoms with Gasteiger partial charge in [0, 0.05) is 5.02 Å². The number of halogens is 3. The Balaban J connectivity index is 1.60. The maximum Gasteiger partial charge on any atom is 0.244 e. The van der Waals surface area contributed by atoms with Crippen LogP contribution in [0.15, 0.2) is 63.4 Å². The van der Waals surface area contributed by atoms with E-state index in [-0.39, 0.29) is 29.6 Å². The zero-order valence-electron chi connectivity index (χ0n) is 15.4. The van der Waals surface area contributed by atoms with Crippen LogP contribution in [-0.4, -0.2) is 24.1 Å². The van der Waals surface area contributed by atoms with Crippen molar-refractivity contribution in [3.63, 3.8) is 0 Å². The minimum Gasteiger partial charge on any atom is -0.322 e. The topological polar surface area (TPSA) is 61.8 Å². The summed E-state index contributed by atoms with van der Waals surface area (Å²) in [6.07, 6.45) is 0.0459. The van der Waals surface area contributed by atoms with Crippen molar-refractivity contribution in [1.29, 1.82) is 0 Å². The quantitative estimate of drug-likeness (QED) is 0.486. The van der Waals surface area contributed by atoms with Gasteiger partial charge in [0.2, 0.25) is 11.8 Å². The normalized spacial score (nSPS) is 13.5. The minimum absolute atomic E-state index is 0.000306. The summed E-state index contributed by atoms with van der Waals surface area (Å²) in [4.78, 5) is 32.6. The fourth-order valence-electron chi connectivity index (χ4n) is 3.05. The molecule has 1 N–H and O–H groups in total. The molecule has 0 aliphatic carbocycles. The van der Waals surface area contributed by atoms with Crippen LogP contribution in [0.3, 0.4) is 0 Å². The highest BCUT2D eigenvalue weighted by Crippen LogP contribution is 2.34. The molecule has 1 aromatic heterocycles. The van der Waals surface area contributed by atoms with Gasteiger partial charge in [0.15, 0.2) is 0 Å². The van der Waals surface area contributed by atoms with Gasteiger partial charge in [-0.3, -0.25) is 9.59 Å². The molecule has 2 amide bonds. The van der Waals surface area contributed by atoms with Crippen molar-refractivity contribution in [1.82, 2.24) is 0 Å². The first-order chi connectivity index (χ1) is 14.4. The molecule has 5 nitrogen and oxygen atoms in total. The van der Waals surface area contributed by atoms with E-state index in [1.807, 2.05) is 18.2 Å². The van der Waals surface area contributed by atoms with E-state index < -0.39 is 11.7 Å². The van der Waals surface area contributed by atoms with Gasteiger partial charge in [0.25, 0.3) is 0 Å². The first kappa shape index (κ1) is 20.7. The van der Waals surface area contributed by atoms with Crippen LogP contribution in [0.2, 0.25) is 5.02 Å². The van der Waals surface area contributed by atoms with Gasteiger partial charge in [0.1, 0.15) is 12.4 Å². The van der Waals surface area contributed by atoms with Gasteiger partial charge in [-0.05, 0) is 58.4 Å². The number of hydrogen-bond donors (Lipinski definition) is 1. The number of anilines is 2. The zero-order valence-corrected chi connectivity index (χ0v) is 18.5. The molecular weight excluding hydrogens is 493 g/mol. The summed E-state index contributed by atoms with van der Waals surface area (Å²) in [5.74, 6) is -1.44. The Kier molecular flexibility index (Phi) is 5.99. The Labute approximate surface area is 189 Å². The van der Waals surface area contributed by atoms with E-state index in [1.165, 1.54) is 28.4 Å². The van der Waals surface area contributed by atoms with Gasteiger partial charge < -0.3 is 10.2 Å². The Morgan fingerprint density at radius 3 is 2.77 bits per heavy atom. The molecule has 0 bridgehead atoms. The number of thiophene rings is 1. The Bertz CT molecular complexity index is 1180. The second-order valence-electron chi connectivity index (χ2n) is 6.48. The number of aliphatic imine (C=N–C) groups is 1. The van der Waals surface area contributed by atoms with E-state index >= 15 is 0 Å². The number of fused-ring (bicyclic) bond motifs is 1. The van der Waals surface area contributed by atoms with Gasteiger partial charge >= 0.3 is 0 Å². The van der Waals surface area contributed by atoms with E-state index in [0.717, 1.165) is 14.7 Å². The molecule has 2 aromatic carbocycles. The van der Waals surface area contributed by atoms with Crippen LogP contribution in [0.4, 0.5) is 21.5 Å². The second kappa shape index (κ2) is 8.67. The van der Waals surface area contributed by atoms with Gasteiger partial charge in [-0.15, -0.1) is 11.3 Å². The Morgan fingerprint density at radius 1 is 1.23 bits per heavy atom. The molecule has 0 saturated heterocycles. The first-order valence-electron chi connectivity index (χ1n) is 8.88. The lowest BCUT2D eigenvalue weighted by molar-refractivity contribution is -0.120. The average molecular weight is 507 g/mol. The monoisotopic (exact) mass is 505 g/mol. The smallest absolute Gasteiger partial charge is 0.244 e. The van der Waals surface area contributed by atoms with Crippen LogP contribution in [0, 0.1) is 5.82 Å². The number of nitrogens with zero attached hydrogens (tertiary/aromatic N) is 2. The van der Waals surface area contributed by atoms with Crippen molar-refractivity contribution in [2.45, 2.75) is 6.42 Å². The van der Waals surface area contributed by atoms with Crippen LogP contribution in [0.25, 0.3) is 0 Å². The highest BCUT2D eigenvalue weighted by molar-refractivity contribution is 9.11. The molecule has 0 spiro atoms. The number of amides is 2. The van der Waals surface area contributed by atoms with Crippen LogP contribution >= 0.6 is 38.9 Å². The number of nitrogens with one attached hydrogen (secondary N) is 1. The predicted molar refractivity (Wildman–Crippen MR) is 122 cm³/mol. The number of hydrogen-bond acceptors (Lipinski definition) is 4. The highest BCUT2D eigenvalue weighted by atomic mass is 79.9. The molecule has 152 valence electrons. The van der Waals surface area contributed by atoms with E-state index in [0.29, 0.717) is 17.1 Å². The van der Waals surface area contributed by atoms with Gasteiger partial charge in [-0.2, -0.15) is 0 Å². The van der Waals surface area contributed by atoms with Gasteiger partial charge in [0.05, 0.1) is 37.9 Å². The van der Waals surface area contributed by atoms with E-state index in [9.17, 15) is 14.0 Å². The van der Waals surface area contributed by atoms with Crippen LogP contribution in [-0.2, 0) is 9.59 Å².